The van der Waals surface area contributed by atoms with Crippen LogP contribution in [-0.2, 0) is 12.8 Å². The third-order valence-corrected chi connectivity index (χ3v) is 6.21. The number of aryl methyl sites for hydroxylation is 2. The largest absolute Gasteiger partial charge is 0.507 e. The number of phenols is 2. The van der Waals surface area contributed by atoms with Crippen LogP contribution >= 0.6 is 0 Å². The Labute approximate surface area is 210 Å². The lowest BCUT2D eigenvalue weighted by Crippen LogP contribution is -2.41. The predicted octanol–water partition coefficient (Wildman–Crippen LogP) is 4.97. The highest BCUT2D eigenvalue weighted by atomic mass is 16.3. The van der Waals surface area contributed by atoms with Crippen molar-refractivity contribution in [2.45, 2.75) is 26.7 Å². The summed E-state index contributed by atoms with van der Waals surface area (Å²) in [5, 5.41) is 20.5. The van der Waals surface area contributed by atoms with Crippen LogP contribution in [0.3, 0.4) is 0 Å². The smallest absolute Gasteiger partial charge is 0.273 e. The topological polar surface area (TPSA) is 98.7 Å². The molecule has 0 unspecified atom stereocenters. The van der Waals surface area contributed by atoms with E-state index in [1.165, 1.54) is 12.1 Å². The Hall–Kier alpha value is -4.58. The van der Waals surface area contributed by atoms with Gasteiger partial charge >= 0.3 is 0 Å². The van der Waals surface area contributed by atoms with Crippen LogP contribution in [0.15, 0.2) is 84.9 Å². The molecule has 0 saturated carbocycles. The fourth-order valence-electron chi connectivity index (χ4n) is 4.05. The van der Waals surface area contributed by atoms with Gasteiger partial charge in [-0.3, -0.25) is 20.4 Å². The van der Waals surface area contributed by atoms with Crippen molar-refractivity contribution < 1.29 is 19.8 Å². The molecule has 0 bridgehead atoms. The van der Waals surface area contributed by atoms with Crippen molar-refractivity contribution in [2.75, 3.05) is 0 Å². The average molecular weight is 481 g/mol. The number of hydrogen-bond acceptors (Lipinski definition) is 4. The molecular weight excluding hydrogens is 452 g/mol. The molecule has 0 aliphatic heterocycles. The van der Waals surface area contributed by atoms with E-state index in [9.17, 15) is 19.8 Å². The van der Waals surface area contributed by atoms with Gasteiger partial charge in [0.05, 0.1) is 11.1 Å². The summed E-state index contributed by atoms with van der Waals surface area (Å²) in [5.41, 5.74) is 10.9. The summed E-state index contributed by atoms with van der Waals surface area (Å²) in [6.07, 6.45) is 1.20. The minimum absolute atomic E-state index is 0.0407. The summed E-state index contributed by atoms with van der Waals surface area (Å²) >= 11 is 0. The molecule has 6 heteroatoms. The Balaban J connectivity index is 1.45. The summed E-state index contributed by atoms with van der Waals surface area (Å²) < 4.78 is 0. The first kappa shape index (κ1) is 24.5. The van der Waals surface area contributed by atoms with E-state index in [1.807, 2.05) is 62.4 Å². The molecule has 0 radical (unpaired) electrons. The first-order valence-electron chi connectivity index (χ1n) is 11.7. The van der Waals surface area contributed by atoms with Crippen molar-refractivity contribution in [3.63, 3.8) is 0 Å². The molecule has 0 fully saturated rings. The van der Waals surface area contributed by atoms with Gasteiger partial charge < -0.3 is 10.2 Å². The summed E-state index contributed by atoms with van der Waals surface area (Å²) in [6, 6.07) is 25.6. The molecule has 0 aromatic heterocycles. The van der Waals surface area contributed by atoms with Crippen molar-refractivity contribution in [2.24, 2.45) is 0 Å². The molecule has 2 amide bonds. The van der Waals surface area contributed by atoms with Crippen LogP contribution in [0.4, 0.5) is 0 Å². The number of carbonyl (C=O) groups excluding carboxylic acids is 2. The average Bonchev–Trinajstić information content (AvgIpc) is 2.87. The second kappa shape index (κ2) is 10.8. The Kier molecular flexibility index (Phi) is 7.35. The standard InChI is InChI=1S/C30H28N2O4/c1-19-7-3-5-9-23(19)15-21-11-13-27(33)25(17-21)29(35)31-32-30(36)26-18-22(12-14-28(26)34)16-24-10-6-4-8-20(24)2/h3-14,17-18,33-34H,15-16H2,1-2H3,(H,31,35)(H,32,36). The first-order chi connectivity index (χ1) is 17.3. The van der Waals surface area contributed by atoms with Crippen molar-refractivity contribution >= 4 is 11.8 Å². The van der Waals surface area contributed by atoms with Crippen molar-refractivity contribution in [3.8, 4) is 11.5 Å². The van der Waals surface area contributed by atoms with Gasteiger partial charge in [-0.1, -0.05) is 60.7 Å². The molecule has 4 N–H and O–H groups in total. The molecule has 0 spiro atoms. The number of phenolic OH excluding ortho intramolecular Hbond substituents is 2. The number of nitrogens with one attached hydrogen (secondary N) is 2. The van der Waals surface area contributed by atoms with Crippen molar-refractivity contribution in [1.82, 2.24) is 10.9 Å². The van der Waals surface area contributed by atoms with Gasteiger partial charge in [0.2, 0.25) is 0 Å². The van der Waals surface area contributed by atoms with Gasteiger partial charge in [-0.05, 0) is 84.3 Å². The molecule has 0 aliphatic carbocycles. The first-order valence-corrected chi connectivity index (χ1v) is 11.7. The Morgan fingerprint density at radius 1 is 0.611 bits per heavy atom. The predicted molar refractivity (Wildman–Crippen MR) is 139 cm³/mol. The van der Waals surface area contributed by atoms with Crippen LogP contribution in [0.5, 0.6) is 11.5 Å². The number of amides is 2. The second-order valence-electron chi connectivity index (χ2n) is 8.82. The van der Waals surface area contributed by atoms with Gasteiger partial charge in [0.25, 0.3) is 11.8 Å². The zero-order valence-electron chi connectivity index (χ0n) is 20.2. The van der Waals surface area contributed by atoms with E-state index >= 15 is 0 Å². The zero-order valence-corrected chi connectivity index (χ0v) is 20.2. The van der Waals surface area contributed by atoms with Gasteiger partial charge in [-0.25, -0.2) is 0 Å². The highest BCUT2D eigenvalue weighted by Gasteiger charge is 2.17. The molecule has 0 heterocycles. The Morgan fingerprint density at radius 3 is 1.39 bits per heavy atom. The number of rotatable bonds is 6. The number of hydrogen-bond donors (Lipinski definition) is 4. The molecule has 0 atom stereocenters. The Bertz CT molecular complexity index is 1320. The normalized spacial score (nSPS) is 10.6. The Morgan fingerprint density at radius 2 is 1.00 bits per heavy atom. The SMILES string of the molecule is Cc1ccccc1Cc1ccc(O)c(C(=O)NNC(=O)c2cc(Cc3ccccc3C)ccc2O)c1. The molecule has 0 saturated heterocycles. The summed E-state index contributed by atoms with van der Waals surface area (Å²) in [7, 11) is 0. The molecule has 36 heavy (non-hydrogen) atoms. The lowest BCUT2D eigenvalue weighted by molar-refractivity contribution is 0.0843. The molecule has 0 aliphatic rings. The highest BCUT2D eigenvalue weighted by molar-refractivity contribution is 6.01. The number of benzene rings is 4. The molecule has 4 rings (SSSR count). The van der Waals surface area contributed by atoms with Crippen LogP contribution in [0.1, 0.15) is 54.1 Å². The van der Waals surface area contributed by atoms with E-state index < -0.39 is 11.8 Å². The second-order valence-corrected chi connectivity index (χ2v) is 8.82. The highest BCUT2D eigenvalue weighted by Crippen LogP contribution is 2.23. The lowest BCUT2D eigenvalue weighted by atomic mass is 9.98. The number of hydrazine groups is 1. The van der Waals surface area contributed by atoms with E-state index in [0.29, 0.717) is 12.8 Å². The van der Waals surface area contributed by atoms with Crippen molar-refractivity contribution in [1.29, 1.82) is 0 Å². The quantitative estimate of drug-likeness (QED) is 0.293. The molecule has 4 aromatic rings. The van der Waals surface area contributed by atoms with Gasteiger partial charge in [-0.2, -0.15) is 0 Å². The third-order valence-electron chi connectivity index (χ3n) is 6.21. The van der Waals surface area contributed by atoms with Gasteiger partial charge in [-0.15, -0.1) is 0 Å². The van der Waals surface area contributed by atoms with E-state index in [4.69, 9.17) is 0 Å². The molecule has 6 nitrogen and oxygen atoms in total. The maximum Gasteiger partial charge on any atom is 0.273 e. The van der Waals surface area contributed by atoms with E-state index in [2.05, 4.69) is 10.9 Å². The minimum Gasteiger partial charge on any atom is -0.507 e. The van der Waals surface area contributed by atoms with Crippen LogP contribution in [0, 0.1) is 13.8 Å². The summed E-state index contributed by atoms with van der Waals surface area (Å²) in [6.45, 7) is 4.04. The van der Waals surface area contributed by atoms with Crippen LogP contribution in [0.2, 0.25) is 0 Å². The third kappa shape index (κ3) is 5.73. The van der Waals surface area contributed by atoms with Gasteiger partial charge in [0.1, 0.15) is 11.5 Å². The van der Waals surface area contributed by atoms with Crippen LogP contribution in [-0.4, -0.2) is 22.0 Å². The summed E-state index contributed by atoms with van der Waals surface area (Å²) in [5.74, 6) is -1.72. The summed E-state index contributed by atoms with van der Waals surface area (Å²) in [4.78, 5) is 25.5. The minimum atomic E-state index is -0.664. The molecule has 4 aromatic carbocycles. The zero-order chi connectivity index (χ0) is 25.7. The fourth-order valence-corrected chi connectivity index (χ4v) is 4.05. The van der Waals surface area contributed by atoms with Gasteiger partial charge in [0.15, 0.2) is 0 Å². The number of carbonyl (C=O) groups is 2. The van der Waals surface area contributed by atoms with Gasteiger partial charge in [0, 0.05) is 0 Å². The van der Waals surface area contributed by atoms with E-state index in [0.717, 1.165) is 33.4 Å². The monoisotopic (exact) mass is 480 g/mol. The molecular formula is C30H28N2O4. The van der Waals surface area contributed by atoms with Crippen molar-refractivity contribution in [3.05, 3.63) is 129 Å². The van der Waals surface area contributed by atoms with E-state index in [1.54, 1.807) is 24.3 Å². The van der Waals surface area contributed by atoms with Crippen LogP contribution in [0.25, 0.3) is 0 Å². The maximum absolute atomic E-state index is 12.8. The lowest BCUT2D eigenvalue weighted by Gasteiger charge is -2.12. The molecule has 182 valence electrons. The fraction of sp³-hybridized carbons (Fsp3) is 0.133. The van der Waals surface area contributed by atoms with E-state index in [-0.39, 0.29) is 22.6 Å². The maximum atomic E-state index is 12.8. The van der Waals surface area contributed by atoms with Crippen LogP contribution < -0.4 is 10.9 Å². The number of aromatic hydroxyl groups is 2.